The second-order valence-electron chi connectivity index (χ2n) is 6.88. The number of non-ortho nitro benzene ring substituents is 1. The van der Waals surface area contributed by atoms with Gasteiger partial charge >= 0.3 is 0 Å². The van der Waals surface area contributed by atoms with E-state index in [9.17, 15) is 10.1 Å². The van der Waals surface area contributed by atoms with Gasteiger partial charge in [-0.15, -0.1) is 24.8 Å². The summed E-state index contributed by atoms with van der Waals surface area (Å²) in [6.45, 7) is 2.38. The molecule has 1 heterocycles. The summed E-state index contributed by atoms with van der Waals surface area (Å²) in [5.74, 6) is 0. The normalized spacial score (nSPS) is 10.3. The first-order chi connectivity index (χ1) is 14.2. The molecule has 0 saturated carbocycles. The van der Waals surface area contributed by atoms with Crippen LogP contribution in [0.15, 0.2) is 72.8 Å². The third-order valence-corrected chi connectivity index (χ3v) is 4.89. The summed E-state index contributed by atoms with van der Waals surface area (Å²) >= 11 is 0. The number of nitrogens with one attached hydrogen (secondary N) is 2. The van der Waals surface area contributed by atoms with Crippen LogP contribution in [0, 0.1) is 10.1 Å². The number of aromatic nitrogens is 1. The Bertz CT molecular complexity index is 1160. The smallest absolute Gasteiger partial charge is 0.280 e. The van der Waals surface area contributed by atoms with Gasteiger partial charge in [0.2, 0.25) is 0 Å². The predicted octanol–water partition coefficient (Wildman–Crippen LogP) is 5.73. The average molecular weight is 459 g/mol. The monoisotopic (exact) mass is 458 g/mol. The lowest BCUT2D eigenvalue weighted by Crippen LogP contribution is -2.17. The summed E-state index contributed by atoms with van der Waals surface area (Å²) in [6, 6.07) is 23.0. The molecule has 0 saturated heterocycles. The summed E-state index contributed by atoms with van der Waals surface area (Å²) in [5, 5.41) is 19.9. The van der Waals surface area contributed by atoms with Gasteiger partial charge in [-0.25, -0.2) is 4.98 Å². The zero-order chi connectivity index (χ0) is 20.1. The Kier molecular flexibility index (Phi) is 9.00. The number of benzene rings is 3. The van der Waals surface area contributed by atoms with Crippen LogP contribution in [0.3, 0.4) is 0 Å². The molecule has 0 amide bonds. The van der Waals surface area contributed by atoms with Crippen LogP contribution in [0.1, 0.15) is 12.0 Å². The van der Waals surface area contributed by atoms with Crippen molar-refractivity contribution in [2.24, 2.45) is 0 Å². The Morgan fingerprint density at radius 3 is 2.32 bits per heavy atom. The fourth-order valence-electron chi connectivity index (χ4n) is 3.52. The van der Waals surface area contributed by atoms with Crippen LogP contribution >= 0.6 is 24.8 Å². The van der Waals surface area contributed by atoms with Gasteiger partial charge in [0.15, 0.2) is 0 Å². The number of halogens is 2. The summed E-state index contributed by atoms with van der Waals surface area (Å²) < 4.78 is 0. The molecule has 2 N–H and O–H groups in total. The molecule has 0 aliphatic carbocycles. The van der Waals surface area contributed by atoms with Crippen molar-refractivity contribution in [3.63, 3.8) is 0 Å². The Labute approximate surface area is 193 Å². The topological polar surface area (TPSA) is 80.1 Å². The number of hydrogen-bond donors (Lipinski definition) is 2. The fraction of sp³-hybridized carbons (Fsp3) is 0.174. The number of hydrogen-bond acceptors (Lipinski definition) is 5. The minimum atomic E-state index is -0.342. The van der Waals surface area contributed by atoms with E-state index in [1.165, 1.54) is 11.6 Å². The highest BCUT2D eigenvalue weighted by Crippen LogP contribution is 2.36. The molecule has 0 aliphatic rings. The van der Waals surface area contributed by atoms with E-state index in [1.807, 2.05) is 48.5 Å². The molecule has 6 nitrogen and oxygen atoms in total. The first-order valence-corrected chi connectivity index (χ1v) is 9.68. The molecule has 4 rings (SSSR count). The minimum absolute atomic E-state index is 0. The molecule has 1 aromatic heterocycles. The highest BCUT2D eigenvalue weighted by Gasteiger charge is 2.18. The van der Waals surface area contributed by atoms with Crippen molar-refractivity contribution < 1.29 is 4.92 Å². The van der Waals surface area contributed by atoms with Crippen LogP contribution in [0.25, 0.3) is 21.8 Å². The van der Waals surface area contributed by atoms with E-state index in [2.05, 4.69) is 27.8 Å². The quantitative estimate of drug-likeness (QED) is 0.152. The number of pyridine rings is 1. The molecule has 0 aliphatic heterocycles. The maximum atomic E-state index is 11.6. The molecule has 0 spiro atoms. The fourth-order valence-corrected chi connectivity index (χ4v) is 3.52. The molecule has 162 valence electrons. The number of anilines is 1. The third-order valence-electron chi connectivity index (χ3n) is 4.89. The molecule has 0 radical (unpaired) electrons. The lowest BCUT2D eigenvalue weighted by Gasteiger charge is -2.13. The van der Waals surface area contributed by atoms with E-state index >= 15 is 0 Å². The summed E-state index contributed by atoms with van der Waals surface area (Å²) in [4.78, 5) is 15.9. The van der Waals surface area contributed by atoms with Gasteiger partial charge in [-0.05, 0) is 30.7 Å². The summed E-state index contributed by atoms with van der Waals surface area (Å²) in [5.41, 5.74) is 3.56. The van der Waals surface area contributed by atoms with Gasteiger partial charge in [0.1, 0.15) is 5.39 Å². The first kappa shape index (κ1) is 24.3. The zero-order valence-electron chi connectivity index (χ0n) is 16.8. The maximum absolute atomic E-state index is 11.6. The van der Waals surface area contributed by atoms with Gasteiger partial charge in [-0.3, -0.25) is 10.1 Å². The molecular weight excluding hydrogens is 435 g/mol. The van der Waals surface area contributed by atoms with E-state index in [1.54, 1.807) is 6.07 Å². The van der Waals surface area contributed by atoms with E-state index < -0.39 is 0 Å². The Hall–Kier alpha value is -2.93. The first-order valence-electron chi connectivity index (χ1n) is 9.68. The van der Waals surface area contributed by atoms with Gasteiger partial charge in [0.05, 0.1) is 21.6 Å². The van der Waals surface area contributed by atoms with E-state index in [0.717, 1.165) is 36.1 Å². The van der Waals surface area contributed by atoms with Crippen molar-refractivity contribution in [3.8, 4) is 0 Å². The third kappa shape index (κ3) is 5.61. The number of fused-ring (bicyclic) bond motifs is 2. The van der Waals surface area contributed by atoms with E-state index in [-0.39, 0.29) is 35.4 Å². The molecule has 4 aromatic rings. The van der Waals surface area contributed by atoms with Crippen LogP contribution in [-0.2, 0) is 6.54 Å². The number of rotatable bonds is 8. The summed E-state index contributed by atoms with van der Waals surface area (Å²) in [6.07, 6.45) is 0.894. The molecule has 0 fully saturated rings. The van der Waals surface area contributed by atoms with Crippen LogP contribution in [0.2, 0.25) is 0 Å². The standard InChI is InChI=1S/C23H22N4O2.2ClH/c28-27(29)21-13-6-12-20-22(21)23(18-10-4-5-11-19(18)26-20)25-15-7-14-24-16-17-8-2-1-3-9-17;;/h1-6,8-13,24H,7,14-16H2,(H,25,26);2*1H. The van der Waals surface area contributed by atoms with E-state index in [4.69, 9.17) is 0 Å². The SMILES string of the molecule is Cl.Cl.O=[N+]([O-])c1cccc2nc3ccccc3c(NCCCNCc3ccccc3)c12. The van der Waals surface area contributed by atoms with Crippen molar-refractivity contribution in [1.82, 2.24) is 10.3 Å². The second kappa shape index (κ2) is 11.5. The molecule has 31 heavy (non-hydrogen) atoms. The highest BCUT2D eigenvalue weighted by atomic mass is 35.5. The van der Waals surface area contributed by atoms with Crippen LogP contribution < -0.4 is 10.6 Å². The highest BCUT2D eigenvalue weighted by molar-refractivity contribution is 6.11. The number of nitrogens with zero attached hydrogens (tertiary/aromatic N) is 2. The molecule has 0 unspecified atom stereocenters. The summed E-state index contributed by atoms with van der Waals surface area (Å²) in [7, 11) is 0. The van der Waals surface area contributed by atoms with Gasteiger partial charge in [-0.1, -0.05) is 54.6 Å². The van der Waals surface area contributed by atoms with Gasteiger partial charge in [0, 0.05) is 24.5 Å². The molecule has 8 heteroatoms. The predicted molar refractivity (Wildman–Crippen MR) is 132 cm³/mol. The van der Waals surface area contributed by atoms with Crippen molar-refractivity contribution in [3.05, 3.63) is 88.5 Å². The van der Waals surface area contributed by atoms with E-state index in [0.29, 0.717) is 17.4 Å². The Morgan fingerprint density at radius 2 is 1.55 bits per heavy atom. The lowest BCUT2D eigenvalue weighted by molar-refractivity contribution is -0.383. The largest absolute Gasteiger partial charge is 0.384 e. The Morgan fingerprint density at radius 1 is 0.839 bits per heavy atom. The second-order valence-corrected chi connectivity index (χ2v) is 6.88. The van der Waals surface area contributed by atoms with Crippen LogP contribution in [0.5, 0.6) is 0 Å². The maximum Gasteiger partial charge on any atom is 0.280 e. The number of para-hydroxylation sites is 1. The molecule has 0 bridgehead atoms. The number of nitro benzene ring substituents is 1. The Balaban J connectivity index is 0.00000171. The zero-order valence-corrected chi connectivity index (χ0v) is 18.4. The van der Waals surface area contributed by atoms with Crippen molar-refractivity contribution in [1.29, 1.82) is 0 Å². The average Bonchev–Trinajstić information content (AvgIpc) is 2.75. The van der Waals surface area contributed by atoms with Gasteiger partial charge < -0.3 is 10.6 Å². The van der Waals surface area contributed by atoms with Crippen LogP contribution in [-0.4, -0.2) is 23.0 Å². The van der Waals surface area contributed by atoms with Crippen molar-refractivity contribution in [2.75, 3.05) is 18.4 Å². The van der Waals surface area contributed by atoms with Crippen LogP contribution in [0.4, 0.5) is 11.4 Å². The van der Waals surface area contributed by atoms with Crippen molar-refractivity contribution in [2.45, 2.75) is 13.0 Å². The molecule has 0 atom stereocenters. The van der Waals surface area contributed by atoms with Gasteiger partial charge in [-0.2, -0.15) is 0 Å². The molecular formula is C23H24Cl2N4O2. The molecule has 3 aromatic carbocycles. The lowest BCUT2D eigenvalue weighted by atomic mass is 10.1. The van der Waals surface area contributed by atoms with Crippen molar-refractivity contribution >= 4 is 58.0 Å². The number of nitro groups is 1. The van der Waals surface area contributed by atoms with Gasteiger partial charge in [0.25, 0.3) is 5.69 Å². The minimum Gasteiger partial charge on any atom is -0.384 e.